The molecule has 0 unspecified atom stereocenters. The van der Waals surface area contributed by atoms with Crippen LogP contribution in [0.2, 0.25) is 0 Å². The highest BCUT2D eigenvalue weighted by Crippen LogP contribution is 2.13. The lowest BCUT2D eigenvalue weighted by Gasteiger charge is -2.32. The number of hydrogen-bond acceptors (Lipinski definition) is 4. The molecule has 6 nitrogen and oxygen atoms in total. The number of likely N-dealkylation sites (tertiary alicyclic amines) is 1. The van der Waals surface area contributed by atoms with Gasteiger partial charge in [-0.1, -0.05) is 32.9 Å². The molecule has 0 aromatic heterocycles. The Morgan fingerprint density at radius 1 is 1.14 bits per heavy atom. The first-order valence-corrected chi connectivity index (χ1v) is 11.3. The van der Waals surface area contributed by atoms with Gasteiger partial charge in [0.15, 0.2) is 5.96 Å². The second-order valence-electron chi connectivity index (χ2n) is 7.71. The molecular weight excluding hydrogens is 362 g/mol. The van der Waals surface area contributed by atoms with Crippen LogP contribution in [0.15, 0.2) is 29.3 Å². The lowest BCUT2D eigenvalue weighted by molar-refractivity contribution is 0.206. The molecule has 0 saturated carbocycles. The van der Waals surface area contributed by atoms with E-state index in [2.05, 4.69) is 70.5 Å². The second-order valence-corrected chi connectivity index (χ2v) is 7.71. The van der Waals surface area contributed by atoms with Crippen LogP contribution in [0.3, 0.4) is 0 Å². The minimum atomic E-state index is 0.510. The summed E-state index contributed by atoms with van der Waals surface area (Å²) in [6, 6.07) is 8.86. The zero-order valence-corrected chi connectivity index (χ0v) is 18.9. The number of nitrogens with one attached hydrogen (secondary N) is 2. The van der Waals surface area contributed by atoms with E-state index in [9.17, 15) is 0 Å². The predicted octanol–water partition coefficient (Wildman–Crippen LogP) is 2.95. The molecule has 0 bridgehead atoms. The number of piperidine rings is 1. The predicted molar refractivity (Wildman–Crippen MR) is 123 cm³/mol. The van der Waals surface area contributed by atoms with Crippen LogP contribution < -0.4 is 15.4 Å². The summed E-state index contributed by atoms with van der Waals surface area (Å²) in [6.07, 6.45) is 3.60. The van der Waals surface area contributed by atoms with Crippen molar-refractivity contribution in [2.75, 3.05) is 52.9 Å². The number of aliphatic imine (C=N–C) groups is 1. The van der Waals surface area contributed by atoms with E-state index in [1.807, 2.05) is 7.05 Å². The van der Waals surface area contributed by atoms with Crippen molar-refractivity contribution in [1.29, 1.82) is 0 Å². The summed E-state index contributed by atoms with van der Waals surface area (Å²) in [6.45, 7) is 14.8. The Morgan fingerprint density at radius 3 is 2.41 bits per heavy atom. The van der Waals surface area contributed by atoms with Crippen molar-refractivity contribution in [2.45, 2.75) is 52.6 Å². The van der Waals surface area contributed by atoms with Crippen molar-refractivity contribution in [3.05, 3.63) is 29.8 Å². The minimum absolute atomic E-state index is 0.510. The quantitative estimate of drug-likeness (QED) is 0.439. The number of hydrogen-bond donors (Lipinski definition) is 2. The van der Waals surface area contributed by atoms with Crippen LogP contribution in [-0.4, -0.2) is 74.7 Å². The fourth-order valence-corrected chi connectivity index (χ4v) is 3.73. The maximum Gasteiger partial charge on any atom is 0.191 e. The van der Waals surface area contributed by atoms with E-state index in [0.29, 0.717) is 6.04 Å². The zero-order valence-electron chi connectivity index (χ0n) is 18.9. The Bertz CT molecular complexity index is 577. The summed E-state index contributed by atoms with van der Waals surface area (Å²) in [5.41, 5.74) is 1.22. The van der Waals surface area contributed by atoms with Gasteiger partial charge in [0, 0.05) is 39.3 Å². The number of likely N-dealkylation sites (N-methyl/N-ethyl adjacent to an activating group) is 1. The van der Waals surface area contributed by atoms with Crippen molar-refractivity contribution in [1.82, 2.24) is 20.4 Å². The van der Waals surface area contributed by atoms with E-state index in [4.69, 9.17) is 4.74 Å². The smallest absolute Gasteiger partial charge is 0.191 e. The van der Waals surface area contributed by atoms with E-state index in [1.165, 1.54) is 44.5 Å². The third-order valence-corrected chi connectivity index (χ3v) is 5.65. The van der Waals surface area contributed by atoms with Crippen LogP contribution >= 0.6 is 0 Å². The highest BCUT2D eigenvalue weighted by molar-refractivity contribution is 5.79. The molecule has 0 radical (unpaired) electrons. The molecule has 0 spiro atoms. The number of ether oxygens (including phenoxy) is 1. The third kappa shape index (κ3) is 8.62. The Balaban J connectivity index is 1.70. The Kier molecular flexibility index (Phi) is 10.9. The molecule has 0 aliphatic carbocycles. The molecule has 0 amide bonds. The fourth-order valence-electron chi connectivity index (χ4n) is 3.73. The topological polar surface area (TPSA) is 52.1 Å². The van der Waals surface area contributed by atoms with E-state index >= 15 is 0 Å². The number of guanidine groups is 1. The van der Waals surface area contributed by atoms with E-state index in [1.54, 1.807) is 0 Å². The van der Waals surface area contributed by atoms with Crippen LogP contribution in [0.4, 0.5) is 0 Å². The van der Waals surface area contributed by atoms with Crippen molar-refractivity contribution >= 4 is 5.96 Å². The highest BCUT2D eigenvalue weighted by Gasteiger charge is 2.19. The van der Waals surface area contributed by atoms with Crippen LogP contribution in [0.25, 0.3) is 0 Å². The highest BCUT2D eigenvalue weighted by atomic mass is 16.5. The first-order valence-electron chi connectivity index (χ1n) is 11.3. The standard InChI is InChI=1S/C23H41N5O/c1-5-14-28-15-12-21(13-16-28)26-23(24-4)25-19-20-8-10-22(11-9-20)29-18-17-27(6-2)7-3/h8-11,21H,5-7,12-19H2,1-4H3,(H2,24,25,26). The average Bonchev–Trinajstić information content (AvgIpc) is 2.76. The molecular formula is C23H41N5O. The summed E-state index contributed by atoms with van der Waals surface area (Å²) in [5, 5.41) is 7.02. The molecule has 164 valence electrons. The second kappa shape index (κ2) is 13.4. The van der Waals surface area contributed by atoms with Crippen molar-refractivity contribution in [2.24, 2.45) is 4.99 Å². The summed E-state index contributed by atoms with van der Waals surface area (Å²) >= 11 is 0. The third-order valence-electron chi connectivity index (χ3n) is 5.65. The van der Waals surface area contributed by atoms with Gasteiger partial charge in [0.05, 0.1) is 0 Å². The molecule has 0 atom stereocenters. The average molecular weight is 404 g/mol. The van der Waals surface area contributed by atoms with Crippen LogP contribution in [0.5, 0.6) is 5.75 Å². The zero-order chi connectivity index (χ0) is 20.9. The molecule has 1 aromatic carbocycles. The van der Waals surface area contributed by atoms with E-state index < -0.39 is 0 Å². The number of nitrogens with zero attached hydrogens (tertiary/aromatic N) is 3. The Morgan fingerprint density at radius 2 is 1.83 bits per heavy atom. The molecule has 1 aromatic rings. The number of benzene rings is 1. The fraction of sp³-hybridized carbons (Fsp3) is 0.696. The van der Waals surface area contributed by atoms with E-state index in [0.717, 1.165) is 44.5 Å². The molecule has 6 heteroatoms. The number of rotatable bonds is 11. The lowest BCUT2D eigenvalue weighted by Crippen LogP contribution is -2.48. The monoisotopic (exact) mass is 403 g/mol. The molecule has 1 fully saturated rings. The molecule has 2 N–H and O–H groups in total. The van der Waals surface area contributed by atoms with Crippen molar-refractivity contribution in [3.8, 4) is 5.75 Å². The molecule has 1 saturated heterocycles. The SMILES string of the molecule is CCCN1CCC(NC(=NC)NCc2ccc(OCCN(CC)CC)cc2)CC1. The van der Waals surface area contributed by atoms with Gasteiger partial charge in [0.1, 0.15) is 12.4 Å². The Hall–Kier alpha value is -1.79. The molecule has 29 heavy (non-hydrogen) atoms. The largest absolute Gasteiger partial charge is 0.492 e. The minimum Gasteiger partial charge on any atom is -0.492 e. The summed E-state index contributed by atoms with van der Waals surface area (Å²) in [7, 11) is 1.84. The van der Waals surface area contributed by atoms with Gasteiger partial charge in [0.2, 0.25) is 0 Å². The van der Waals surface area contributed by atoms with Crippen LogP contribution in [0, 0.1) is 0 Å². The van der Waals surface area contributed by atoms with Gasteiger partial charge in [0.25, 0.3) is 0 Å². The van der Waals surface area contributed by atoms with Gasteiger partial charge in [-0.05, 0) is 56.6 Å². The first-order chi connectivity index (χ1) is 14.2. The maximum atomic E-state index is 5.87. The first kappa shape index (κ1) is 23.5. The van der Waals surface area contributed by atoms with Gasteiger partial charge in [-0.2, -0.15) is 0 Å². The summed E-state index contributed by atoms with van der Waals surface area (Å²) in [4.78, 5) is 9.32. The van der Waals surface area contributed by atoms with Gasteiger partial charge in [-0.25, -0.2) is 0 Å². The van der Waals surface area contributed by atoms with Gasteiger partial charge in [-0.15, -0.1) is 0 Å². The van der Waals surface area contributed by atoms with Gasteiger partial charge >= 0.3 is 0 Å². The summed E-state index contributed by atoms with van der Waals surface area (Å²) < 4.78 is 5.87. The molecule has 1 aliphatic heterocycles. The molecule has 2 rings (SSSR count). The maximum absolute atomic E-state index is 5.87. The lowest BCUT2D eigenvalue weighted by atomic mass is 10.1. The van der Waals surface area contributed by atoms with Crippen LogP contribution in [0.1, 0.15) is 45.6 Å². The van der Waals surface area contributed by atoms with Gasteiger partial charge < -0.3 is 25.2 Å². The van der Waals surface area contributed by atoms with Gasteiger partial charge in [-0.3, -0.25) is 4.99 Å². The normalized spacial score (nSPS) is 16.2. The van der Waals surface area contributed by atoms with Crippen LogP contribution in [-0.2, 0) is 6.54 Å². The Labute approximate surface area is 177 Å². The molecule has 1 heterocycles. The summed E-state index contributed by atoms with van der Waals surface area (Å²) in [5.74, 6) is 1.82. The van der Waals surface area contributed by atoms with Crippen molar-refractivity contribution in [3.63, 3.8) is 0 Å². The van der Waals surface area contributed by atoms with E-state index in [-0.39, 0.29) is 0 Å². The molecule has 1 aliphatic rings. The van der Waals surface area contributed by atoms with Crippen molar-refractivity contribution < 1.29 is 4.74 Å².